The van der Waals surface area contributed by atoms with Gasteiger partial charge in [0.2, 0.25) is 0 Å². The van der Waals surface area contributed by atoms with Crippen LogP contribution in [0, 0.1) is 0 Å². The van der Waals surface area contributed by atoms with Gasteiger partial charge in [-0.1, -0.05) is 30.3 Å². The second kappa shape index (κ2) is 5.79. The van der Waals surface area contributed by atoms with Crippen LogP contribution in [0.5, 0.6) is 0 Å². The van der Waals surface area contributed by atoms with Gasteiger partial charge >= 0.3 is 5.97 Å². The van der Waals surface area contributed by atoms with E-state index < -0.39 is 5.97 Å². The van der Waals surface area contributed by atoms with E-state index in [1.54, 1.807) is 24.3 Å². The molecule has 1 aromatic heterocycles. The summed E-state index contributed by atoms with van der Waals surface area (Å²) in [7, 11) is 0. The molecule has 5 nitrogen and oxygen atoms in total. The van der Waals surface area contributed by atoms with Gasteiger partial charge in [0.25, 0.3) is 0 Å². The SMILES string of the molecule is O=C(O)c1cc2[nH]c3ccccc3c(=O)c2cc1Nc1ccccc1. The van der Waals surface area contributed by atoms with Crippen molar-refractivity contribution < 1.29 is 9.90 Å². The van der Waals surface area contributed by atoms with E-state index in [-0.39, 0.29) is 11.0 Å². The molecule has 0 atom stereocenters. The number of nitrogens with one attached hydrogen (secondary N) is 2. The van der Waals surface area contributed by atoms with E-state index in [1.807, 2.05) is 36.4 Å². The van der Waals surface area contributed by atoms with E-state index in [4.69, 9.17) is 0 Å². The first-order valence-electron chi connectivity index (χ1n) is 7.77. The number of H-pyrrole nitrogens is 1. The molecule has 0 aliphatic heterocycles. The summed E-state index contributed by atoms with van der Waals surface area (Å²) in [5.41, 5.74) is 2.29. The molecule has 0 saturated carbocycles. The van der Waals surface area contributed by atoms with E-state index in [9.17, 15) is 14.7 Å². The number of fused-ring (bicyclic) bond motifs is 2. The summed E-state index contributed by atoms with van der Waals surface area (Å²) in [5, 5.41) is 13.7. The van der Waals surface area contributed by atoms with Gasteiger partial charge in [0, 0.05) is 22.0 Å². The van der Waals surface area contributed by atoms with E-state index >= 15 is 0 Å². The summed E-state index contributed by atoms with van der Waals surface area (Å²) in [6, 6.07) is 19.5. The summed E-state index contributed by atoms with van der Waals surface area (Å²) in [6.45, 7) is 0. The van der Waals surface area contributed by atoms with Gasteiger partial charge in [-0.2, -0.15) is 0 Å². The zero-order valence-corrected chi connectivity index (χ0v) is 13.1. The normalized spacial score (nSPS) is 10.9. The van der Waals surface area contributed by atoms with Crippen LogP contribution < -0.4 is 10.7 Å². The number of hydrogen-bond acceptors (Lipinski definition) is 3. The molecule has 0 aliphatic carbocycles. The Kier molecular flexibility index (Phi) is 3.47. The fourth-order valence-corrected chi connectivity index (χ4v) is 2.93. The average molecular weight is 330 g/mol. The van der Waals surface area contributed by atoms with Crippen LogP contribution in [0.25, 0.3) is 21.8 Å². The molecule has 0 fully saturated rings. The number of benzene rings is 3. The van der Waals surface area contributed by atoms with Gasteiger partial charge < -0.3 is 15.4 Å². The molecular weight excluding hydrogens is 316 g/mol. The van der Waals surface area contributed by atoms with Gasteiger partial charge in [0.05, 0.1) is 16.8 Å². The minimum atomic E-state index is -1.06. The van der Waals surface area contributed by atoms with E-state index in [0.717, 1.165) is 5.69 Å². The molecule has 4 aromatic rings. The molecule has 3 aromatic carbocycles. The monoisotopic (exact) mass is 330 g/mol. The van der Waals surface area contributed by atoms with Crippen molar-refractivity contribution >= 4 is 39.1 Å². The largest absolute Gasteiger partial charge is 0.478 e. The Morgan fingerprint density at radius 2 is 1.60 bits per heavy atom. The third-order valence-electron chi connectivity index (χ3n) is 4.13. The number of pyridine rings is 1. The molecule has 1 heterocycles. The summed E-state index contributed by atoms with van der Waals surface area (Å²) in [5.74, 6) is -1.06. The molecule has 4 rings (SSSR count). The highest BCUT2D eigenvalue weighted by atomic mass is 16.4. The second-order valence-electron chi connectivity index (χ2n) is 5.74. The highest BCUT2D eigenvalue weighted by molar-refractivity contribution is 6.03. The van der Waals surface area contributed by atoms with Crippen LogP contribution in [0.4, 0.5) is 11.4 Å². The van der Waals surface area contributed by atoms with Crippen LogP contribution in [-0.2, 0) is 0 Å². The number of aromatic carboxylic acids is 1. The van der Waals surface area contributed by atoms with E-state index in [2.05, 4.69) is 10.3 Å². The number of para-hydroxylation sites is 2. The Labute approximate surface area is 142 Å². The summed E-state index contributed by atoms with van der Waals surface area (Å²) in [6.07, 6.45) is 0. The summed E-state index contributed by atoms with van der Waals surface area (Å²) in [4.78, 5) is 27.6. The molecule has 25 heavy (non-hydrogen) atoms. The van der Waals surface area contributed by atoms with E-state index in [0.29, 0.717) is 27.5 Å². The van der Waals surface area contributed by atoms with Crippen molar-refractivity contribution in [3.63, 3.8) is 0 Å². The number of aromatic amines is 1. The Bertz CT molecular complexity index is 1160. The molecule has 0 amide bonds. The molecular formula is C20H14N2O3. The molecule has 5 heteroatoms. The van der Waals surface area contributed by atoms with Crippen molar-refractivity contribution in [1.82, 2.24) is 4.98 Å². The van der Waals surface area contributed by atoms with Crippen molar-refractivity contribution in [2.24, 2.45) is 0 Å². The first-order chi connectivity index (χ1) is 12.1. The third-order valence-corrected chi connectivity index (χ3v) is 4.13. The van der Waals surface area contributed by atoms with Gasteiger partial charge in [0.1, 0.15) is 0 Å². The van der Waals surface area contributed by atoms with Crippen molar-refractivity contribution in [2.45, 2.75) is 0 Å². The number of carboxylic acids is 1. The minimum Gasteiger partial charge on any atom is -0.478 e. The van der Waals surface area contributed by atoms with Crippen LogP contribution in [0.1, 0.15) is 10.4 Å². The molecule has 122 valence electrons. The highest BCUT2D eigenvalue weighted by Gasteiger charge is 2.15. The van der Waals surface area contributed by atoms with Crippen molar-refractivity contribution in [3.05, 3.63) is 82.5 Å². The predicted molar refractivity (Wildman–Crippen MR) is 98.8 cm³/mol. The molecule has 0 saturated heterocycles. The molecule has 0 bridgehead atoms. The Hall–Kier alpha value is -3.60. The smallest absolute Gasteiger partial charge is 0.337 e. The van der Waals surface area contributed by atoms with E-state index in [1.165, 1.54) is 6.07 Å². The number of carbonyl (C=O) groups is 1. The maximum Gasteiger partial charge on any atom is 0.337 e. The number of anilines is 2. The van der Waals surface area contributed by atoms with Crippen molar-refractivity contribution in [2.75, 3.05) is 5.32 Å². The molecule has 0 unspecified atom stereocenters. The summed E-state index contributed by atoms with van der Waals surface area (Å²) >= 11 is 0. The average Bonchev–Trinajstić information content (AvgIpc) is 2.63. The zero-order valence-electron chi connectivity index (χ0n) is 13.1. The fourth-order valence-electron chi connectivity index (χ4n) is 2.93. The molecule has 0 radical (unpaired) electrons. The maximum atomic E-state index is 12.8. The molecule has 3 N–H and O–H groups in total. The zero-order chi connectivity index (χ0) is 17.4. The maximum absolute atomic E-state index is 12.8. The number of aromatic nitrogens is 1. The fraction of sp³-hybridized carbons (Fsp3) is 0. The minimum absolute atomic E-state index is 0.0993. The number of carboxylic acid groups (broad SMARTS) is 1. The number of rotatable bonds is 3. The Morgan fingerprint density at radius 1 is 0.880 bits per heavy atom. The van der Waals surface area contributed by atoms with Crippen LogP contribution in [0.3, 0.4) is 0 Å². The topological polar surface area (TPSA) is 82.2 Å². The van der Waals surface area contributed by atoms with Gasteiger partial charge in [-0.15, -0.1) is 0 Å². The predicted octanol–water partition coefficient (Wildman–Crippen LogP) is 4.12. The van der Waals surface area contributed by atoms with Crippen molar-refractivity contribution in [3.8, 4) is 0 Å². The van der Waals surface area contributed by atoms with Gasteiger partial charge in [-0.25, -0.2) is 4.79 Å². The summed E-state index contributed by atoms with van der Waals surface area (Å²) < 4.78 is 0. The third kappa shape index (κ3) is 2.61. The Morgan fingerprint density at radius 3 is 2.36 bits per heavy atom. The van der Waals surface area contributed by atoms with Gasteiger partial charge in [0.15, 0.2) is 5.43 Å². The van der Waals surface area contributed by atoms with Gasteiger partial charge in [-0.05, 0) is 36.4 Å². The van der Waals surface area contributed by atoms with Crippen molar-refractivity contribution in [1.29, 1.82) is 0 Å². The molecule has 0 spiro atoms. The standard InChI is InChI=1S/C20H14N2O3/c23-19-13-8-4-5-9-16(13)22-17-11-15(20(24)25)18(10-14(17)19)21-12-6-2-1-3-7-12/h1-11,21H,(H,22,23)(H,24,25). The lowest BCUT2D eigenvalue weighted by molar-refractivity contribution is 0.0698. The van der Waals surface area contributed by atoms with Crippen LogP contribution in [-0.4, -0.2) is 16.1 Å². The van der Waals surface area contributed by atoms with Crippen LogP contribution >= 0.6 is 0 Å². The lowest BCUT2D eigenvalue weighted by Crippen LogP contribution is -2.08. The lowest BCUT2D eigenvalue weighted by atomic mass is 10.1. The molecule has 0 aliphatic rings. The van der Waals surface area contributed by atoms with Crippen LogP contribution in [0.15, 0.2) is 71.5 Å². The first-order valence-corrected chi connectivity index (χ1v) is 7.77. The van der Waals surface area contributed by atoms with Crippen LogP contribution in [0.2, 0.25) is 0 Å². The Balaban J connectivity index is 1.99. The number of hydrogen-bond donors (Lipinski definition) is 3. The quantitative estimate of drug-likeness (QED) is 0.493. The first kappa shape index (κ1) is 15.0. The lowest BCUT2D eigenvalue weighted by Gasteiger charge is -2.12. The second-order valence-corrected chi connectivity index (χ2v) is 5.74. The highest BCUT2D eigenvalue weighted by Crippen LogP contribution is 2.26. The van der Waals surface area contributed by atoms with Gasteiger partial charge in [-0.3, -0.25) is 4.79 Å².